The Morgan fingerprint density at radius 3 is 2.94 bits per heavy atom. The van der Waals surface area contributed by atoms with E-state index in [4.69, 9.17) is 5.73 Å². The van der Waals surface area contributed by atoms with Gasteiger partial charge in [-0.1, -0.05) is 0 Å². The van der Waals surface area contributed by atoms with E-state index in [0.717, 1.165) is 31.5 Å². The molecule has 2 aromatic heterocycles. The van der Waals surface area contributed by atoms with Gasteiger partial charge in [0.2, 0.25) is 5.95 Å². The van der Waals surface area contributed by atoms with Crippen LogP contribution in [0.4, 0.5) is 5.95 Å². The molecule has 1 saturated heterocycles. The van der Waals surface area contributed by atoms with E-state index in [1.54, 1.807) is 12.4 Å². The molecule has 1 unspecified atom stereocenters. The molecule has 1 fully saturated rings. The molecule has 94 valence electrons. The maximum Gasteiger partial charge on any atom is 0.245 e. The molecule has 2 aromatic rings. The third-order valence-electron chi connectivity index (χ3n) is 3.05. The van der Waals surface area contributed by atoms with E-state index < -0.39 is 0 Å². The fraction of sp³-hybridized carbons (Fsp3) is 0.455. The lowest BCUT2D eigenvalue weighted by atomic mass is 10.1. The minimum atomic E-state index is 0.209. The van der Waals surface area contributed by atoms with E-state index in [1.165, 1.54) is 6.33 Å². The predicted octanol–water partition coefficient (Wildman–Crippen LogP) is 0.189. The zero-order chi connectivity index (χ0) is 12.4. The molecule has 0 saturated carbocycles. The lowest BCUT2D eigenvalue weighted by Crippen LogP contribution is -2.43. The number of aromatic amines is 1. The van der Waals surface area contributed by atoms with E-state index in [-0.39, 0.29) is 6.04 Å². The molecule has 1 aliphatic heterocycles. The second kappa shape index (κ2) is 4.69. The summed E-state index contributed by atoms with van der Waals surface area (Å²) >= 11 is 0. The fourth-order valence-electron chi connectivity index (χ4n) is 2.14. The predicted molar refractivity (Wildman–Crippen MR) is 66.8 cm³/mol. The zero-order valence-corrected chi connectivity index (χ0v) is 9.95. The summed E-state index contributed by atoms with van der Waals surface area (Å²) in [6, 6.07) is 0.209. The first-order valence-corrected chi connectivity index (χ1v) is 6.01. The highest BCUT2D eigenvalue weighted by atomic mass is 15.4. The summed E-state index contributed by atoms with van der Waals surface area (Å²) in [5.41, 5.74) is 6.78. The fourth-order valence-corrected chi connectivity index (χ4v) is 2.14. The standard InChI is InChI=1S/C11H15N7/c12-9-2-1-3-18(6-9)11-15-10(16-17-11)8-4-13-7-14-5-8/h4-5,7,9H,1-3,6,12H2,(H,15,16,17). The number of piperidine rings is 1. The minimum absolute atomic E-state index is 0.209. The van der Waals surface area contributed by atoms with Gasteiger partial charge in [-0.15, -0.1) is 5.10 Å². The Bertz CT molecular complexity index is 509. The van der Waals surface area contributed by atoms with Gasteiger partial charge in [-0.25, -0.2) is 9.97 Å². The van der Waals surface area contributed by atoms with Crippen molar-refractivity contribution < 1.29 is 0 Å². The summed E-state index contributed by atoms with van der Waals surface area (Å²) in [5.74, 6) is 1.38. The van der Waals surface area contributed by atoms with Gasteiger partial charge >= 0.3 is 0 Å². The highest BCUT2D eigenvalue weighted by Gasteiger charge is 2.20. The summed E-state index contributed by atoms with van der Waals surface area (Å²) in [7, 11) is 0. The van der Waals surface area contributed by atoms with Crippen molar-refractivity contribution in [2.45, 2.75) is 18.9 Å². The van der Waals surface area contributed by atoms with Crippen LogP contribution in [-0.2, 0) is 0 Å². The largest absolute Gasteiger partial charge is 0.338 e. The second-order valence-electron chi connectivity index (χ2n) is 4.46. The molecule has 7 heteroatoms. The van der Waals surface area contributed by atoms with Crippen LogP contribution in [0.3, 0.4) is 0 Å². The quantitative estimate of drug-likeness (QED) is 0.784. The molecule has 3 heterocycles. The summed E-state index contributed by atoms with van der Waals surface area (Å²) < 4.78 is 0. The van der Waals surface area contributed by atoms with E-state index in [1.807, 2.05) is 0 Å². The molecule has 0 amide bonds. The molecule has 1 atom stereocenters. The molecule has 3 rings (SSSR count). The van der Waals surface area contributed by atoms with E-state index in [2.05, 4.69) is 30.0 Å². The van der Waals surface area contributed by atoms with Gasteiger partial charge in [0, 0.05) is 31.5 Å². The number of H-pyrrole nitrogens is 1. The van der Waals surface area contributed by atoms with Crippen molar-refractivity contribution in [2.24, 2.45) is 5.73 Å². The summed E-state index contributed by atoms with van der Waals surface area (Å²) in [6.45, 7) is 1.76. The number of anilines is 1. The number of aromatic nitrogens is 5. The molecule has 0 bridgehead atoms. The zero-order valence-electron chi connectivity index (χ0n) is 9.95. The number of hydrogen-bond acceptors (Lipinski definition) is 6. The van der Waals surface area contributed by atoms with Crippen LogP contribution in [-0.4, -0.2) is 44.3 Å². The van der Waals surface area contributed by atoms with Crippen molar-refractivity contribution in [3.63, 3.8) is 0 Å². The Hall–Kier alpha value is -2.02. The first kappa shape index (κ1) is 11.1. The second-order valence-corrected chi connectivity index (χ2v) is 4.46. The first-order chi connectivity index (χ1) is 8.83. The van der Waals surface area contributed by atoms with E-state index in [0.29, 0.717) is 11.8 Å². The highest BCUT2D eigenvalue weighted by molar-refractivity contribution is 5.53. The normalized spacial score (nSPS) is 20.1. The maximum absolute atomic E-state index is 5.95. The van der Waals surface area contributed by atoms with Crippen LogP contribution in [0.1, 0.15) is 12.8 Å². The van der Waals surface area contributed by atoms with Crippen molar-refractivity contribution in [3.8, 4) is 11.4 Å². The van der Waals surface area contributed by atoms with Crippen molar-refractivity contribution in [1.29, 1.82) is 0 Å². The molecular formula is C11H15N7. The average Bonchev–Trinajstić information content (AvgIpc) is 2.89. The van der Waals surface area contributed by atoms with Crippen LogP contribution in [0, 0.1) is 0 Å². The van der Waals surface area contributed by atoms with Gasteiger partial charge < -0.3 is 10.6 Å². The number of nitrogens with one attached hydrogen (secondary N) is 1. The summed E-state index contributed by atoms with van der Waals surface area (Å²) in [4.78, 5) is 14.5. The molecule has 0 aliphatic carbocycles. The Balaban J connectivity index is 1.81. The van der Waals surface area contributed by atoms with Crippen molar-refractivity contribution in [2.75, 3.05) is 18.0 Å². The van der Waals surface area contributed by atoms with Crippen LogP contribution in [0.5, 0.6) is 0 Å². The highest BCUT2D eigenvalue weighted by Crippen LogP contribution is 2.18. The average molecular weight is 245 g/mol. The monoisotopic (exact) mass is 245 g/mol. The van der Waals surface area contributed by atoms with E-state index >= 15 is 0 Å². The van der Waals surface area contributed by atoms with Crippen LogP contribution < -0.4 is 10.6 Å². The summed E-state index contributed by atoms with van der Waals surface area (Å²) in [6.07, 6.45) is 7.06. The van der Waals surface area contributed by atoms with Crippen molar-refractivity contribution in [3.05, 3.63) is 18.7 Å². The van der Waals surface area contributed by atoms with Gasteiger partial charge in [0.15, 0.2) is 5.82 Å². The number of rotatable bonds is 2. The number of nitrogens with zero attached hydrogens (tertiary/aromatic N) is 5. The van der Waals surface area contributed by atoms with Crippen LogP contribution in [0.25, 0.3) is 11.4 Å². The molecule has 1 aliphatic rings. The Morgan fingerprint density at radius 1 is 1.33 bits per heavy atom. The molecule has 18 heavy (non-hydrogen) atoms. The topological polar surface area (TPSA) is 96.6 Å². The van der Waals surface area contributed by atoms with Gasteiger partial charge in [0.25, 0.3) is 0 Å². The maximum atomic E-state index is 5.95. The SMILES string of the molecule is NC1CCCN(c2n[nH]c(-c3cncnc3)n2)C1. The Kier molecular flexibility index (Phi) is 2.89. The van der Waals surface area contributed by atoms with Gasteiger partial charge in [0.1, 0.15) is 6.33 Å². The Labute approximate surface area is 104 Å². The van der Waals surface area contributed by atoms with Gasteiger partial charge in [-0.2, -0.15) is 4.98 Å². The van der Waals surface area contributed by atoms with Gasteiger partial charge in [0.05, 0.1) is 5.56 Å². The first-order valence-electron chi connectivity index (χ1n) is 6.01. The smallest absolute Gasteiger partial charge is 0.245 e. The lowest BCUT2D eigenvalue weighted by molar-refractivity contribution is 0.500. The molecule has 0 aromatic carbocycles. The van der Waals surface area contributed by atoms with Crippen molar-refractivity contribution in [1.82, 2.24) is 25.1 Å². The van der Waals surface area contributed by atoms with Crippen LogP contribution >= 0.6 is 0 Å². The van der Waals surface area contributed by atoms with E-state index in [9.17, 15) is 0 Å². The lowest BCUT2D eigenvalue weighted by Gasteiger charge is -2.29. The molecule has 3 N–H and O–H groups in total. The number of hydrogen-bond donors (Lipinski definition) is 2. The van der Waals surface area contributed by atoms with Crippen LogP contribution in [0.2, 0.25) is 0 Å². The van der Waals surface area contributed by atoms with Crippen LogP contribution in [0.15, 0.2) is 18.7 Å². The minimum Gasteiger partial charge on any atom is -0.338 e. The molecule has 0 spiro atoms. The molecular weight excluding hydrogens is 230 g/mol. The third kappa shape index (κ3) is 2.17. The third-order valence-corrected chi connectivity index (χ3v) is 3.05. The molecule has 0 radical (unpaired) electrons. The summed E-state index contributed by atoms with van der Waals surface area (Å²) in [5, 5.41) is 7.14. The van der Waals surface area contributed by atoms with Gasteiger partial charge in [-0.05, 0) is 12.8 Å². The van der Waals surface area contributed by atoms with Crippen molar-refractivity contribution >= 4 is 5.95 Å². The molecule has 7 nitrogen and oxygen atoms in total. The van der Waals surface area contributed by atoms with Gasteiger partial charge in [-0.3, -0.25) is 5.10 Å². The Morgan fingerprint density at radius 2 is 2.17 bits per heavy atom. The number of nitrogens with two attached hydrogens (primary N) is 1.